The van der Waals surface area contributed by atoms with Crippen molar-refractivity contribution in [2.45, 2.75) is 123 Å². The Labute approximate surface area is 212 Å². The molecule has 0 spiro atoms. The Morgan fingerprint density at radius 3 is 2.52 bits per heavy atom. The number of hydrogen-bond donors (Lipinski definition) is 0. The molecule has 0 aromatic carbocycles. The Morgan fingerprint density at radius 2 is 1.82 bits per heavy atom. The highest BCUT2D eigenvalue weighted by atomic mass is 79.9. The van der Waals surface area contributed by atoms with Gasteiger partial charge in [0, 0.05) is 6.42 Å². The molecular weight excluding hydrogens is 472 g/mol. The van der Waals surface area contributed by atoms with Crippen molar-refractivity contribution in [1.82, 2.24) is 0 Å². The minimum absolute atomic E-state index is 0.0739. The monoisotopic (exact) mass is 520 g/mol. The molecule has 0 amide bonds. The van der Waals surface area contributed by atoms with Gasteiger partial charge in [0.1, 0.15) is 10.9 Å². The Kier molecular flexibility index (Phi) is 7.79. The predicted octanol–water partition coefficient (Wildman–Crippen LogP) is 8.72. The first-order valence-corrected chi connectivity index (χ1v) is 15.0. The van der Waals surface area contributed by atoms with Crippen LogP contribution in [0.4, 0.5) is 0 Å². The summed E-state index contributed by atoms with van der Waals surface area (Å²) in [5.41, 5.74) is 2.49. The Bertz CT molecular complexity index is 742. The minimum Gasteiger partial charge on any atom is -0.461 e. The summed E-state index contributed by atoms with van der Waals surface area (Å²) in [6.07, 6.45) is 17.1. The quantitative estimate of drug-likeness (QED) is 0.190. The average molecular weight is 522 g/mol. The van der Waals surface area contributed by atoms with Crippen molar-refractivity contribution in [1.29, 1.82) is 0 Å². The molecule has 9 atom stereocenters. The number of hydrogen-bond acceptors (Lipinski definition) is 2. The van der Waals surface area contributed by atoms with Crippen LogP contribution >= 0.6 is 15.9 Å². The fraction of sp³-hybridized carbons (Fsp3) is 0.900. The van der Waals surface area contributed by atoms with E-state index in [1.807, 2.05) is 6.92 Å². The molecule has 0 aromatic heterocycles. The third-order valence-electron chi connectivity index (χ3n) is 10.9. The number of carbonyl (C=O) groups excluding carboxylic acids is 1. The number of fused-ring (bicyclic) bond motifs is 5. The van der Waals surface area contributed by atoms with E-state index in [2.05, 4.69) is 56.6 Å². The predicted molar refractivity (Wildman–Crippen MR) is 141 cm³/mol. The molecule has 4 aliphatic carbocycles. The van der Waals surface area contributed by atoms with Gasteiger partial charge in [0.2, 0.25) is 0 Å². The van der Waals surface area contributed by atoms with Gasteiger partial charge in [0.25, 0.3) is 0 Å². The zero-order valence-corrected chi connectivity index (χ0v) is 23.8. The van der Waals surface area contributed by atoms with Gasteiger partial charge in [-0.15, -0.1) is 0 Å². The highest BCUT2D eigenvalue weighted by Crippen LogP contribution is 2.67. The van der Waals surface area contributed by atoms with E-state index in [1.165, 1.54) is 57.8 Å². The second-order valence-corrected chi connectivity index (χ2v) is 14.6. The highest BCUT2D eigenvalue weighted by molar-refractivity contribution is 9.10. The zero-order valence-electron chi connectivity index (χ0n) is 22.2. The lowest BCUT2D eigenvalue weighted by molar-refractivity contribution is -0.150. The van der Waals surface area contributed by atoms with Crippen LogP contribution in [0.25, 0.3) is 0 Å². The van der Waals surface area contributed by atoms with Crippen LogP contribution in [-0.4, -0.2) is 16.9 Å². The zero-order chi connectivity index (χ0) is 24.0. The summed E-state index contributed by atoms with van der Waals surface area (Å²) in [4.78, 5) is 11.9. The van der Waals surface area contributed by atoms with Crippen LogP contribution in [0.15, 0.2) is 11.6 Å². The van der Waals surface area contributed by atoms with E-state index in [4.69, 9.17) is 4.74 Å². The SMILES string of the molecule is CC(C)CCC[C@@H](C)[C@H]1CC[C@@H]2[C@@H]3CC=C4C[C@@H](OC(=O)[C@H](C)Br)CC[C@]4(C)[C@H]3CC[C@@]21C. The smallest absolute Gasteiger partial charge is 0.319 e. The molecule has 4 rings (SSSR count). The first-order valence-electron chi connectivity index (χ1n) is 14.1. The highest BCUT2D eigenvalue weighted by Gasteiger charge is 2.59. The largest absolute Gasteiger partial charge is 0.461 e. The Morgan fingerprint density at radius 1 is 1.06 bits per heavy atom. The van der Waals surface area contributed by atoms with Gasteiger partial charge in [-0.3, -0.25) is 4.79 Å². The van der Waals surface area contributed by atoms with Crippen molar-refractivity contribution in [2.75, 3.05) is 0 Å². The van der Waals surface area contributed by atoms with Gasteiger partial charge in [0.05, 0.1) is 0 Å². The molecule has 0 radical (unpaired) electrons. The third kappa shape index (κ3) is 4.88. The first kappa shape index (κ1) is 25.8. The van der Waals surface area contributed by atoms with Crippen LogP contribution < -0.4 is 0 Å². The summed E-state index contributed by atoms with van der Waals surface area (Å²) in [5, 5.41) is 0. The molecule has 0 unspecified atom stereocenters. The number of carbonyl (C=O) groups is 1. The number of alkyl halides is 1. The number of rotatable bonds is 7. The van der Waals surface area contributed by atoms with Crippen molar-refractivity contribution in [2.24, 2.45) is 46.3 Å². The van der Waals surface area contributed by atoms with Gasteiger partial charge in [-0.1, -0.05) is 81.5 Å². The van der Waals surface area contributed by atoms with E-state index in [0.29, 0.717) is 10.8 Å². The van der Waals surface area contributed by atoms with E-state index in [0.717, 1.165) is 48.3 Å². The van der Waals surface area contributed by atoms with Crippen LogP contribution in [0.1, 0.15) is 112 Å². The van der Waals surface area contributed by atoms with Gasteiger partial charge >= 0.3 is 5.97 Å². The van der Waals surface area contributed by atoms with Crippen LogP contribution in [0.5, 0.6) is 0 Å². The van der Waals surface area contributed by atoms with Crippen LogP contribution in [-0.2, 0) is 9.53 Å². The molecule has 0 aliphatic heterocycles. The summed E-state index contributed by atoms with van der Waals surface area (Å²) in [6, 6.07) is 0. The molecule has 0 saturated heterocycles. The van der Waals surface area contributed by atoms with Crippen LogP contribution in [0, 0.1) is 46.3 Å². The van der Waals surface area contributed by atoms with Crippen molar-refractivity contribution in [3.63, 3.8) is 0 Å². The lowest BCUT2D eigenvalue weighted by Crippen LogP contribution is -2.51. The maximum Gasteiger partial charge on any atom is 0.319 e. The average Bonchev–Trinajstić information content (AvgIpc) is 3.11. The topological polar surface area (TPSA) is 26.3 Å². The molecule has 0 N–H and O–H groups in total. The Balaban J connectivity index is 1.45. The molecule has 188 valence electrons. The van der Waals surface area contributed by atoms with E-state index >= 15 is 0 Å². The maximum absolute atomic E-state index is 12.1. The van der Waals surface area contributed by atoms with Gasteiger partial charge in [-0.2, -0.15) is 0 Å². The molecular formula is C30H49BrO2. The molecule has 0 bridgehead atoms. The van der Waals surface area contributed by atoms with Crippen LogP contribution in [0.3, 0.4) is 0 Å². The van der Waals surface area contributed by atoms with Crippen molar-refractivity contribution >= 4 is 21.9 Å². The van der Waals surface area contributed by atoms with E-state index in [1.54, 1.807) is 5.57 Å². The van der Waals surface area contributed by atoms with Crippen molar-refractivity contribution in [3.8, 4) is 0 Å². The Hall–Kier alpha value is -0.310. The molecule has 0 aromatic rings. The number of halogens is 1. The van der Waals surface area contributed by atoms with E-state index in [9.17, 15) is 4.79 Å². The fourth-order valence-corrected chi connectivity index (χ4v) is 9.12. The number of allylic oxidation sites excluding steroid dienone is 1. The molecule has 3 fully saturated rings. The normalized spacial score (nSPS) is 42.1. The fourth-order valence-electron chi connectivity index (χ4n) is 9.01. The summed E-state index contributed by atoms with van der Waals surface area (Å²) >= 11 is 3.37. The van der Waals surface area contributed by atoms with Gasteiger partial charge in [0.15, 0.2) is 0 Å². The maximum atomic E-state index is 12.1. The number of ether oxygens (including phenoxy) is 1. The van der Waals surface area contributed by atoms with Gasteiger partial charge < -0.3 is 4.74 Å². The van der Waals surface area contributed by atoms with Crippen LogP contribution in [0.2, 0.25) is 0 Å². The minimum atomic E-state index is -0.213. The van der Waals surface area contributed by atoms with Gasteiger partial charge in [-0.25, -0.2) is 0 Å². The lowest BCUT2D eigenvalue weighted by atomic mass is 9.47. The van der Waals surface area contributed by atoms with E-state index in [-0.39, 0.29) is 16.9 Å². The summed E-state index contributed by atoms with van der Waals surface area (Å²) in [6.45, 7) is 14.4. The van der Waals surface area contributed by atoms with Crippen molar-refractivity contribution in [3.05, 3.63) is 11.6 Å². The van der Waals surface area contributed by atoms with Crippen molar-refractivity contribution < 1.29 is 9.53 Å². The summed E-state index contributed by atoms with van der Waals surface area (Å²) in [7, 11) is 0. The molecule has 0 heterocycles. The second-order valence-electron chi connectivity index (χ2n) is 13.2. The molecule has 3 saturated carbocycles. The first-order chi connectivity index (χ1) is 15.6. The standard InChI is InChI=1S/C30H49BrO2/c1-19(2)8-7-9-20(3)25-12-13-26-24-11-10-22-18-23(33-28(32)21(4)31)14-16-29(22,5)27(24)15-17-30(25,26)6/h10,19-21,23-27H,7-9,11-18H2,1-6H3/t20-,21+,23+,24+,25-,26-,27+,29+,30-/m1/s1. The lowest BCUT2D eigenvalue weighted by Gasteiger charge is -2.58. The molecule has 3 heteroatoms. The number of esters is 1. The third-order valence-corrected chi connectivity index (χ3v) is 11.2. The second kappa shape index (κ2) is 9.98. The van der Waals surface area contributed by atoms with E-state index < -0.39 is 0 Å². The van der Waals surface area contributed by atoms with Gasteiger partial charge in [-0.05, 0) is 98.2 Å². The molecule has 4 aliphatic rings. The summed E-state index contributed by atoms with van der Waals surface area (Å²) in [5.74, 6) is 5.14. The molecule has 33 heavy (non-hydrogen) atoms. The molecule has 2 nitrogen and oxygen atoms in total. The summed E-state index contributed by atoms with van der Waals surface area (Å²) < 4.78 is 5.83.